The van der Waals surface area contributed by atoms with Crippen molar-refractivity contribution in [1.29, 1.82) is 0 Å². The molecule has 0 atom stereocenters. The van der Waals surface area contributed by atoms with Crippen LogP contribution in [0.4, 0.5) is 5.69 Å². The highest BCUT2D eigenvalue weighted by atomic mass is 35.5. The first-order valence-electron chi connectivity index (χ1n) is 9.32. The molecule has 0 aliphatic rings. The smallest absolute Gasteiger partial charge is 0.258 e. The van der Waals surface area contributed by atoms with Crippen LogP contribution in [0.3, 0.4) is 0 Å². The fourth-order valence-electron chi connectivity index (χ4n) is 3.14. The predicted octanol–water partition coefficient (Wildman–Crippen LogP) is 4.16. The minimum atomic E-state index is -0.212. The maximum atomic E-state index is 12.5. The molecule has 0 saturated heterocycles. The van der Waals surface area contributed by atoms with Crippen LogP contribution in [0, 0.1) is 6.92 Å². The van der Waals surface area contributed by atoms with Gasteiger partial charge in [-0.25, -0.2) is 4.98 Å². The topological polar surface area (TPSA) is 66.7 Å². The van der Waals surface area contributed by atoms with Crippen molar-refractivity contribution in [2.75, 3.05) is 18.4 Å². The van der Waals surface area contributed by atoms with E-state index in [1.165, 1.54) is 10.5 Å². The molecule has 0 aliphatic carbocycles. The third-order valence-corrected chi connectivity index (χ3v) is 5.00. The number of nitrogens with zero attached hydrogens (tertiary/aromatic N) is 3. The Kier molecular flexibility index (Phi) is 6.90. The maximum absolute atomic E-state index is 12.5. The van der Waals surface area contributed by atoms with E-state index in [-0.39, 0.29) is 18.0 Å². The molecule has 152 valence electrons. The summed E-state index contributed by atoms with van der Waals surface area (Å²) in [6.07, 6.45) is 2.56. The first-order chi connectivity index (χ1) is 13.9. The highest BCUT2D eigenvalue weighted by Crippen LogP contribution is 2.25. The number of anilines is 1. The Balaban J connectivity index is 1.77. The minimum absolute atomic E-state index is 0.139. The van der Waals surface area contributed by atoms with Gasteiger partial charge in [-0.1, -0.05) is 36.2 Å². The van der Waals surface area contributed by atoms with E-state index in [1.54, 1.807) is 24.4 Å². The first-order valence-corrected chi connectivity index (χ1v) is 10.1. The van der Waals surface area contributed by atoms with Gasteiger partial charge in [0.05, 0.1) is 22.9 Å². The number of carbonyl (C=O) groups is 1. The molecule has 0 fully saturated rings. The Labute approximate surface area is 179 Å². The Bertz CT molecular complexity index is 1100. The maximum Gasteiger partial charge on any atom is 0.258 e. The number of pyridine rings is 1. The number of aromatic nitrogens is 2. The largest absolute Gasteiger partial charge is 0.324 e. The van der Waals surface area contributed by atoms with E-state index in [4.69, 9.17) is 23.2 Å². The van der Waals surface area contributed by atoms with Gasteiger partial charge in [-0.3, -0.25) is 18.9 Å². The van der Waals surface area contributed by atoms with Crippen LogP contribution in [0.2, 0.25) is 10.0 Å². The average molecular weight is 433 g/mol. The molecule has 1 amide bonds. The van der Waals surface area contributed by atoms with Gasteiger partial charge in [0.15, 0.2) is 0 Å². The number of carbonyl (C=O) groups excluding carboxylic acids is 1. The zero-order valence-corrected chi connectivity index (χ0v) is 17.8. The molecule has 2 aromatic heterocycles. The van der Waals surface area contributed by atoms with Gasteiger partial charge in [0.25, 0.3) is 5.56 Å². The number of rotatable bonds is 7. The summed E-state index contributed by atoms with van der Waals surface area (Å²) >= 11 is 12.1. The number of hydrogen-bond donors (Lipinski definition) is 1. The number of hydrogen-bond acceptors (Lipinski definition) is 4. The number of nitrogens with one attached hydrogen (secondary N) is 1. The molecule has 29 heavy (non-hydrogen) atoms. The first kappa shape index (κ1) is 21.3. The molecule has 8 heteroatoms. The molecule has 1 aromatic carbocycles. The van der Waals surface area contributed by atoms with Crippen LogP contribution >= 0.6 is 23.2 Å². The van der Waals surface area contributed by atoms with Crippen LogP contribution in [0.25, 0.3) is 5.65 Å². The molecule has 0 saturated carbocycles. The molecule has 0 aliphatic heterocycles. The number of amides is 1. The molecule has 3 aromatic rings. The summed E-state index contributed by atoms with van der Waals surface area (Å²) < 4.78 is 1.52. The van der Waals surface area contributed by atoms with E-state index >= 15 is 0 Å². The van der Waals surface area contributed by atoms with Crippen molar-refractivity contribution in [3.05, 3.63) is 74.3 Å². The summed E-state index contributed by atoms with van der Waals surface area (Å²) in [4.78, 5) is 31.5. The fourth-order valence-corrected chi connectivity index (χ4v) is 3.47. The number of fused-ring (bicyclic) bond motifs is 1. The third kappa shape index (κ3) is 5.35. The molecular formula is C21H22Cl2N4O2. The normalized spacial score (nSPS) is 11.2. The van der Waals surface area contributed by atoms with Crippen molar-refractivity contribution in [3.63, 3.8) is 0 Å². The van der Waals surface area contributed by atoms with E-state index in [1.807, 2.05) is 30.9 Å². The van der Waals surface area contributed by atoms with Gasteiger partial charge in [-0.05, 0) is 49.7 Å². The highest BCUT2D eigenvalue weighted by Gasteiger charge is 2.14. The number of benzene rings is 1. The summed E-state index contributed by atoms with van der Waals surface area (Å²) in [6.45, 7) is 5.17. The lowest BCUT2D eigenvalue weighted by Gasteiger charge is -2.21. The monoisotopic (exact) mass is 432 g/mol. The molecule has 0 unspecified atom stereocenters. The van der Waals surface area contributed by atoms with Gasteiger partial charge in [0.2, 0.25) is 5.91 Å². The van der Waals surface area contributed by atoms with Crippen LogP contribution in [0.5, 0.6) is 0 Å². The Morgan fingerprint density at radius 1 is 1.24 bits per heavy atom. The second-order valence-corrected chi connectivity index (χ2v) is 7.70. The van der Waals surface area contributed by atoms with E-state index in [0.29, 0.717) is 40.2 Å². The van der Waals surface area contributed by atoms with E-state index in [2.05, 4.69) is 10.3 Å². The van der Waals surface area contributed by atoms with E-state index in [9.17, 15) is 9.59 Å². The Morgan fingerprint density at radius 3 is 2.79 bits per heavy atom. The summed E-state index contributed by atoms with van der Waals surface area (Å²) in [7, 11) is 0. The molecule has 0 radical (unpaired) electrons. The molecule has 3 rings (SSSR count). The van der Waals surface area contributed by atoms with Crippen molar-refractivity contribution in [2.45, 2.75) is 26.8 Å². The standard InChI is InChI=1S/C21H22Cl2N4O2/c1-3-8-26(13-19(28)25-18-10-15(22)6-7-17(18)23)12-16-11-20(29)27-9-4-5-14(2)21(27)24-16/h4-7,9-11H,3,8,12-13H2,1-2H3,(H,25,28). The van der Waals surface area contributed by atoms with Crippen molar-refractivity contribution >= 4 is 40.4 Å². The molecule has 6 nitrogen and oxygen atoms in total. The highest BCUT2D eigenvalue weighted by molar-refractivity contribution is 6.35. The van der Waals surface area contributed by atoms with Gasteiger partial charge in [0.1, 0.15) is 5.65 Å². The average Bonchev–Trinajstić information content (AvgIpc) is 2.66. The zero-order chi connectivity index (χ0) is 21.0. The van der Waals surface area contributed by atoms with E-state index in [0.717, 1.165) is 12.0 Å². The van der Waals surface area contributed by atoms with Gasteiger partial charge in [-0.2, -0.15) is 0 Å². The third-order valence-electron chi connectivity index (χ3n) is 4.43. The molecule has 0 bridgehead atoms. The Hall–Kier alpha value is -2.41. The zero-order valence-electron chi connectivity index (χ0n) is 16.3. The van der Waals surface area contributed by atoms with Gasteiger partial charge in [-0.15, -0.1) is 0 Å². The minimum Gasteiger partial charge on any atom is -0.324 e. The molecule has 2 heterocycles. The quantitative estimate of drug-likeness (QED) is 0.608. The lowest BCUT2D eigenvalue weighted by Crippen LogP contribution is -2.34. The summed E-state index contributed by atoms with van der Waals surface area (Å²) in [5, 5.41) is 3.71. The summed E-state index contributed by atoms with van der Waals surface area (Å²) in [6, 6.07) is 10.2. The van der Waals surface area contributed by atoms with Gasteiger partial charge >= 0.3 is 0 Å². The molecule has 1 N–H and O–H groups in total. The van der Waals surface area contributed by atoms with Crippen molar-refractivity contribution in [2.24, 2.45) is 0 Å². The van der Waals surface area contributed by atoms with Crippen LogP contribution in [-0.4, -0.2) is 33.3 Å². The lowest BCUT2D eigenvalue weighted by atomic mass is 10.2. The van der Waals surface area contributed by atoms with Crippen LogP contribution in [0.1, 0.15) is 24.6 Å². The van der Waals surface area contributed by atoms with Gasteiger partial charge in [0, 0.05) is 23.8 Å². The number of halogens is 2. The van der Waals surface area contributed by atoms with Crippen LogP contribution in [0.15, 0.2) is 47.4 Å². The SMILES string of the molecule is CCCN(CC(=O)Nc1cc(Cl)ccc1Cl)Cc1cc(=O)n2cccc(C)c2n1. The van der Waals surface area contributed by atoms with Crippen molar-refractivity contribution < 1.29 is 4.79 Å². The van der Waals surface area contributed by atoms with E-state index < -0.39 is 0 Å². The second kappa shape index (κ2) is 9.39. The molecule has 0 spiro atoms. The van der Waals surface area contributed by atoms with Crippen LogP contribution in [-0.2, 0) is 11.3 Å². The molecular weight excluding hydrogens is 411 g/mol. The Morgan fingerprint density at radius 2 is 2.03 bits per heavy atom. The summed E-state index contributed by atoms with van der Waals surface area (Å²) in [5.74, 6) is -0.212. The van der Waals surface area contributed by atoms with Gasteiger partial charge < -0.3 is 5.32 Å². The van der Waals surface area contributed by atoms with Crippen LogP contribution < -0.4 is 10.9 Å². The lowest BCUT2D eigenvalue weighted by molar-refractivity contribution is -0.117. The summed E-state index contributed by atoms with van der Waals surface area (Å²) in [5.41, 5.74) is 2.51. The van der Waals surface area contributed by atoms with Crippen molar-refractivity contribution in [1.82, 2.24) is 14.3 Å². The van der Waals surface area contributed by atoms with Crippen molar-refractivity contribution in [3.8, 4) is 0 Å². The number of aryl methyl sites for hydroxylation is 1. The fraction of sp³-hybridized carbons (Fsp3) is 0.286. The predicted molar refractivity (Wildman–Crippen MR) is 117 cm³/mol. The second-order valence-electron chi connectivity index (χ2n) is 6.85.